The molecule has 1 aliphatic rings. The van der Waals surface area contributed by atoms with E-state index in [9.17, 15) is 9.90 Å². The number of rotatable bonds is 4. The molecule has 1 aromatic heterocycles. The lowest BCUT2D eigenvalue weighted by atomic mass is 10.1. The third-order valence-corrected chi connectivity index (χ3v) is 5.04. The molecule has 0 spiro atoms. The molecule has 134 valence electrons. The Morgan fingerprint density at radius 2 is 1.69 bits per heavy atom. The van der Waals surface area contributed by atoms with E-state index in [2.05, 4.69) is 9.88 Å². The van der Waals surface area contributed by atoms with Crippen LogP contribution >= 0.6 is 0 Å². The number of aliphatic hydroxyl groups excluding tert-OH is 1. The Kier molecular flexibility index (Phi) is 4.73. The quantitative estimate of drug-likeness (QED) is 0.761. The molecular weight excluding hydrogens is 326 g/mol. The van der Waals surface area contributed by atoms with Crippen molar-refractivity contribution in [2.45, 2.75) is 6.10 Å². The van der Waals surface area contributed by atoms with Gasteiger partial charge in [0.05, 0.1) is 6.10 Å². The zero-order valence-corrected chi connectivity index (χ0v) is 14.6. The monoisotopic (exact) mass is 349 g/mol. The van der Waals surface area contributed by atoms with E-state index < -0.39 is 6.10 Å². The van der Waals surface area contributed by atoms with E-state index in [0.29, 0.717) is 25.3 Å². The second-order valence-corrected chi connectivity index (χ2v) is 6.79. The number of H-pyrrole nitrogens is 1. The van der Waals surface area contributed by atoms with Gasteiger partial charge in [0.1, 0.15) is 5.69 Å². The molecule has 0 saturated carbocycles. The number of hydrogen-bond donors (Lipinski definition) is 2. The number of aromatic amines is 1. The summed E-state index contributed by atoms with van der Waals surface area (Å²) in [6.45, 7) is 3.50. The van der Waals surface area contributed by atoms with Gasteiger partial charge in [-0.25, -0.2) is 0 Å². The van der Waals surface area contributed by atoms with Gasteiger partial charge in [-0.2, -0.15) is 0 Å². The zero-order chi connectivity index (χ0) is 17.9. The summed E-state index contributed by atoms with van der Waals surface area (Å²) >= 11 is 0. The summed E-state index contributed by atoms with van der Waals surface area (Å²) in [5.41, 5.74) is 2.56. The summed E-state index contributed by atoms with van der Waals surface area (Å²) < 4.78 is 0. The van der Waals surface area contributed by atoms with Crippen LogP contribution in [0.15, 0.2) is 60.7 Å². The number of piperazine rings is 1. The van der Waals surface area contributed by atoms with E-state index in [0.717, 1.165) is 29.6 Å². The lowest BCUT2D eigenvalue weighted by molar-refractivity contribution is 0.0524. The molecule has 0 bridgehead atoms. The smallest absolute Gasteiger partial charge is 0.270 e. The van der Waals surface area contributed by atoms with Crippen molar-refractivity contribution in [3.63, 3.8) is 0 Å². The summed E-state index contributed by atoms with van der Waals surface area (Å²) in [6.07, 6.45) is -0.493. The zero-order valence-electron chi connectivity index (χ0n) is 14.6. The lowest BCUT2D eigenvalue weighted by Gasteiger charge is -2.35. The van der Waals surface area contributed by atoms with Crippen LogP contribution < -0.4 is 0 Å². The van der Waals surface area contributed by atoms with Crippen LogP contribution in [0.1, 0.15) is 22.2 Å². The third kappa shape index (κ3) is 3.49. The Morgan fingerprint density at radius 3 is 2.42 bits per heavy atom. The average Bonchev–Trinajstić information content (AvgIpc) is 3.13. The Labute approximate surface area is 152 Å². The van der Waals surface area contributed by atoms with Crippen molar-refractivity contribution in [3.05, 3.63) is 71.9 Å². The van der Waals surface area contributed by atoms with E-state index in [4.69, 9.17) is 0 Å². The predicted octanol–water partition coefficient (Wildman–Crippen LogP) is 2.66. The van der Waals surface area contributed by atoms with Gasteiger partial charge in [-0.15, -0.1) is 0 Å². The molecule has 4 rings (SSSR count). The van der Waals surface area contributed by atoms with Crippen LogP contribution in [-0.2, 0) is 0 Å². The average molecular weight is 349 g/mol. The van der Waals surface area contributed by atoms with Crippen LogP contribution in [0.5, 0.6) is 0 Å². The van der Waals surface area contributed by atoms with Crippen molar-refractivity contribution in [2.24, 2.45) is 0 Å². The molecule has 0 aliphatic carbocycles. The van der Waals surface area contributed by atoms with E-state index in [1.54, 1.807) is 0 Å². The number of aromatic nitrogens is 1. The highest BCUT2D eigenvalue weighted by Crippen LogP contribution is 2.18. The number of fused-ring (bicyclic) bond motifs is 1. The van der Waals surface area contributed by atoms with Crippen LogP contribution in [-0.4, -0.2) is 58.5 Å². The van der Waals surface area contributed by atoms with Gasteiger partial charge in [-0.05, 0) is 17.7 Å². The van der Waals surface area contributed by atoms with Gasteiger partial charge < -0.3 is 15.0 Å². The van der Waals surface area contributed by atoms with Crippen molar-refractivity contribution in [1.82, 2.24) is 14.8 Å². The molecule has 1 amide bonds. The van der Waals surface area contributed by atoms with Crippen LogP contribution in [0.25, 0.3) is 10.9 Å². The van der Waals surface area contributed by atoms with Gasteiger partial charge in [-0.3, -0.25) is 9.69 Å². The van der Waals surface area contributed by atoms with Crippen LogP contribution in [0.3, 0.4) is 0 Å². The van der Waals surface area contributed by atoms with Gasteiger partial charge in [0.25, 0.3) is 5.91 Å². The molecule has 0 radical (unpaired) electrons. The Balaban J connectivity index is 1.35. The first kappa shape index (κ1) is 16.8. The van der Waals surface area contributed by atoms with E-state index in [1.807, 2.05) is 65.6 Å². The number of carbonyl (C=O) groups is 1. The molecule has 1 aliphatic heterocycles. The largest absolute Gasteiger partial charge is 0.387 e. The molecule has 1 fully saturated rings. The van der Waals surface area contributed by atoms with Crippen molar-refractivity contribution in [2.75, 3.05) is 32.7 Å². The summed E-state index contributed by atoms with van der Waals surface area (Å²) in [5.74, 6) is 0.0458. The fourth-order valence-corrected chi connectivity index (χ4v) is 3.52. The minimum Gasteiger partial charge on any atom is -0.387 e. The van der Waals surface area contributed by atoms with Crippen molar-refractivity contribution in [1.29, 1.82) is 0 Å². The van der Waals surface area contributed by atoms with E-state index >= 15 is 0 Å². The van der Waals surface area contributed by atoms with Gasteiger partial charge in [0.2, 0.25) is 0 Å². The fraction of sp³-hybridized carbons (Fsp3) is 0.286. The molecule has 5 nitrogen and oxygen atoms in total. The molecule has 2 N–H and O–H groups in total. The molecule has 26 heavy (non-hydrogen) atoms. The Hall–Kier alpha value is -2.63. The summed E-state index contributed by atoms with van der Waals surface area (Å²) in [6, 6.07) is 19.6. The number of nitrogens with zero attached hydrogens (tertiary/aromatic N) is 2. The minimum absolute atomic E-state index is 0.0458. The SMILES string of the molecule is O=C(c1cc2ccccc2[nH]1)N1CCN(C[C@H](O)c2ccccc2)CC1. The highest BCUT2D eigenvalue weighted by molar-refractivity contribution is 5.98. The van der Waals surface area contributed by atoms with E-state index in [1.165, 1.54) is 0 Å². The Morgan fingerprint density at radius 1 is 1.00 bits per heavy atom. The fourth-order valence-electron chi connectivity index (χ4n) is 3.52. The topological polar surface area (TPSA) is 59.6 Å². The Bertz CT molecular complexity index is 849. The maximum absolute atomic E-state index is 12.7. The highest BCUT2D eigenvalue weighted by Gasteiger charge is 2.24. The third-order valence-electron chi connectivity index (χ3n) is 5.04. The molecule has 2 heterocycles. The summed E-state index contributed by atoms with van der Waals surface area (Å²) in [7, 11) is 0. The first-order chi connectivity index (χ1) is 12.7. The number of carbonyl (C=O) groups excluding carboxylic acids is 1. The van der Waals surface area contributed by atoms with Crippen molar-refractivity contribution < 1.29 is 9.90 Å². The van der Waals surface area contributed by atoms with Crippen molar-refractivity contribution in [3.8, 4) is 0 Å². The molecule has 5 heteroatoms. The molecule has 2 aromatic carbocycles. The molecular formula is C21H23N3O2. The molecule has 0 unspecified atom stereocenters. The number of benzene rings is 2. The predicted molar refractivity (Wildman–Crippen MR) is 102 cm³/mol. The first-order valence-corrected chi connectivity index (χ1v) is 9.03. The van der Waals surface area contributed by atoms with Crippen LogP contribution in [0, 0.1) is 0 Å². The van der Waals surface area contributed by atoms with E-state index in [-0.39, 0.29) is 5.91 Å². The van der Waals surface area contributed by atoms with Crippen LogP contribution in [0.2, 0.25) is 0 Å². The molecule has 1 atom stereocenters. The van der Waals surface area contributed by atoms with Gasteiger partial charge in [0.15, 0.2) is 0 Å². The standard InChI is InChI=1S/C21H23N3O2/c25-20(16-6-2-1-3-7-16)15-23-10-12-24(13-11-23)21(26)19-14-17-8-4-5-9-18(17)22-19/h1-9,14,20,22,25H,10-13,15H2/t20-/m0/s1. The van der Waals surface area contributed by atoms with Gasteiger partial charge in [0, 0.05) is 43.6 Å². The highest BCUT2D eigenvalue weighted by atomic mass is 16.3. The number of nitrogens with one attached hydrogen (secondary N) is 1. The number of para-hydroxylation sites is 1. The second kappa shape index (κ2) is 7.32. The summed E-state index contributed by atoms with van der Waals surface area (Å²) in [5, 5.41) is 11.4. The minimum atomic E-state index is -0.493. The number of amides is 1. The number of aliphatic hydroxyl groups is 1. The second-order valence-electron chi connectivity index (χ2n) is 6.79. The summed E-state index contributed by atoms with van der Waals surface area (Å²) in [4.78, 5) is 20.1. The first-order valence-electron chi connectivity index (χ1n) is 9.03. The van der Waals surface area contributed by atoms with Crippen LogP contribution in [0.4, 0.5) is 0 Å². The van der Waals surface area contributed by atoms with Gasteiger partial charge >= 0.3 is 0 Å². The number of β-amino-alcohol motifs (C(OH)–C–C–N with tert-alkyl or cyclic N) is 1. The van der Waals surface area contributed by atoms with Crippen molar-refractivity contribution >= 4 is 16.8 Å². The molecule has 3 aromatic rings. The lowest BCUT2D eigenvalue weighted by Crippen LogP contribution is -2.49. The number of hydrogen-bond acceptors (Lipinski definition) is 3. The maximum atomic E-state index is 12.7. The van der Waals surface area contributed by atoms with Gasteiger partial charge in [-0.1, -0.05) is 48.5 Å². The normalized spacial score (nSPS) is 16.7. The molecule has 1 saturated heterocycles. The maximum Gasteiger partial charge on any atom is 0.270 e.